The smallest absolute Gasteiger partial charge is 0.335 e. The molecule has 3 nitrogen and oxygen atoms in total. The van der Waals surface area contributed by atoms with Crippen molar-refractivity contribution in [3.05, 3.63) is 52.2 Å². The van der Waals surface area contributed by atoms with Crippen LogP contribution in [0.4, 0.5) is 0 Å². The van der Waals surface area contributed by atoms with Crippen LogP contribution in [-0.2, 0) is 0 Å². The lowest BCUT2D eigenvalue weighted by molar-refractivity contribution is 0.0697. The molecule has 19 heavy (non-hydrogen) atoms. The van der Waals surface area contributed by atoms with Gasteiger partial charge in [0.1, 0.15) is 0 Å². The normalized spacial score (nSPS) is 10.5. The molecular weight excluding hydrogens is 238 g/mol. The average Bonchev–Trinajstić information content (AvgIpc) is 2.40. The zero-order valence-corrected chi connectivity index (χ0v) is 11.6. The Morgan fingerprint density at radius 3 is 2.37 bits per heavy atom. The van der Waals surface area contributed by atoms with Crippen molar-refractivity contribution in [1.29, 1.82) is 0 Å². The molecule has 0 unspecified atom stereocenters. The molecule has 0 amide bonds. The number of carbonyl (C=O) groups is 1. The van der Waals surface area contributed by atoms with Crippen molar-refractivity contribution in [3.8, 4) is 11.3 Å². The van der Waals surface area contributed by atoms with Gasteiger partial charge in [0.05, 0.1) is 11.3 Å². The Morgan fingerprint density at radius 1 is 1.05 bits per heavy atom. The molecule has 0 atom stereocenters. The van der Waals surface area contributed by atoms with Crippen LogP contribution in [0.5, 0.6) is 0 Å². The van der Waals surface area contributed by atoms with Crippen LogP contribution < -0.4 is 0 Å². The lowest BCUT2D eigenvalue weighted by Crippen LogP contribution is -2.01. The first kappa shape index (κ1) is 13.3. The monoisotopic (exact) mass is 255 g/mol. The van der Waals surface area contributed by atoms with Crippen LogP contribution in [0.3, 0.4) is 0 Å². The van der Waals surface area contributed by atoms with E-state index in [4.69, 9.17) is 5.11 Å². The molecule has 0 saturated heterocycles. The van der Waals surface area contributed by atoms with Gasteiger partial charge in [-0.3, -0.25) is 4.98 Å². The van der Waals surface area contributed by atoms with Gasteiger partial charge in [-0.2, -0.15) is 0 Å². The highest BCUT2D eigenvalue weighted by molar-refractivity contribution is 5.89. The molecule has 2 aromatic rings. The van der Waals surface area contributed by atoms with Crippen LogP contribution in [0.15, 0.2) is 24.3 Å². The molecule has 1 heterocycles. The van der Waals surface area contributed by atoms with Crippen LogP contribution in [-0.4, -0.2) is 16.1 Å². The third-order valence-corrected chi connectivity index (χ3v) is 3.69. The van der Waals surface area contributed by atoms with Gasteiger partial charge in [0.2, 0.25) is 0 Å². The minimum absolute atomic E-state index is 0.287. The number of carboxylic acid groups (broad SMARTS) is 1. The number of carboxylic acids is 1. The first-order valence-corrected chi connectivity index (χ1v) is 6.20. The van der Waals surface area contributed by atoms with Gasteiger partial charge in [-0.05, 0) is 56.5 Å². The summed E-state index contributed by atoms with van der Waals surface area (Å²) in [6, 6.07) is 6.92. The van der Waals surface area contributed by atoms with Crippen molar-refractivity contribution >= 4 is 5.97 Å². The number of nitrogens with zero attached hydrogens (tertiary/aromatic N) is 1. The van der Waals surface area contributed by atoms with Gasteiger partial charge in [0, 0.05) is 11.3 Å². The topological polar surface area (TPSA) is 50.2 Å². The molecule has 0 spiro atoms. The first-order valence-electron chi connectivity index (χ1n) is 6.20. The Balaban J connectivity index is 2.66. The molecule has 0 aliphatic carbocycles. The third-order valence-electron chi connectivity index (χ3n) is 3.69. The number of pyridine rings is 1. The summed E-state index contributed by atoms with van der Waals surface area (Å²) < 4.78 is 0. The van der Waals surface area contributed by atoms with E-state index in [2.05, 4.69) is 18.8 Å². The summed E-state index contributed by atoms with van der Waals surface area (Å²) >= 11 is 0. The van der Waals surface area contributed by atoms with E-state index in [1.165, 1.54) is 11.1 Å². The maximum atomic E-state index is 11.0. The number of aryl methyl sites for hydroxylation is 1. The Kier molecular flexibility index (Phi) is 3.38. The highest BCUT2D eigenvalue weighted by atomic mass is 16.4. The quantitative estimate of drug-likeness (QED) is 0.890. The summed E-state index contributed by atoms with van der Waals surface area (Å²) in [4.78, 5) is 15.6. The molecule has 1 N–H and O–H groups in total. The number of aromatic carboxylic acids is 1. The van der Waals surface area contributed by atoms with E-state index in [0.717, 1.165) is 22.5 Å². The third kappa shape index (κ3) is 2.36. The van der Waals surface area contributed by atoms with Gasteiger partial charge in [0.25, 0.3) is 0 Å². The predicted molar refractivity (Wildman–Crippen MR) is 75.6 cm³/mol. The largest absolute Gasteiger partial charge is 0.478 e. The summed E-state index contributed by atoms with van der Waals surface area (Å²) in [6.07, 6.45) is 0. The van der Waals surface area contributed by atoms with E-state index in [1.807, 2.05) is 19.9 Å². The van der Waals surface area contributed by atoms with E-state index in [1.54, 1.807) is 18.2 Å². The van der Waals surface area contributed by atoms with E-state index in [0.29, 0.717) is 0 Å². The highest BCUT2D eigenvalue weighted by Crippen LogP contribution is 2.27. The maximum absolute atomic E-state index is 11.0. The fourth-order valence-electron chi connectivity index (χ4n) is 2.15. The highest BCUT2D eigenvalue weighted by Gasteiger charge is 2.12. The molecule has 0 aliphatic heterocycles. The number of benzene rings is 1. The summed E-state index contributed by atoms with van der Waals surface area (Å²) in [5.41, 5.74) is 6.49. The maximum Gasteiger partial charge on any atom is 0.335 e. The number of aromatic nitrogens is 1. The standard InChI is InChI=1S/C16H17NO2/c1-9-10(2)12(4)17-15(11(9)3)13-6-5-7-14(8-13)16(18)19/h5-8H,1-4H3,(H,18,19). The molecular formula is C16H17NO2. The first-order chi connectivity index (χ1) is 8.91. The van der Waals surface area contributed by atoms with Crippen LogP contribution in [0.2, 0.25) is 0 Å². The zero-order chi connectivity index (χ0) is 14.2. The number of rotatable bonds is 2. The van der Waals surface area contributed by atoms with E-state index in [-0.39, 0.29) is 5.56 Å². The van der Waals surface area contributed by atoms with Crippen LogP contribution >= 0.6 is 0 Å². The van der Waals surface area contributed by atoms with Crippen LogP contribution in [0, 0.1) is 27.7 Å². The lowest BCUT2D eigenvalue weighted by atomic mass is 9.97. The van der Waals surface area contributed by atoms with Crippen molar-refractivity contribution in [2.75, 3.05) is 0 Å². The Hall–Kier alpha value is -2.16. The second-order valence-corrected chi connectivity index (χ2v) is 4.81. The van der Waals surface area contributed by atoms with E-state index < -0.39 is 5.97 Å². The Labute approximate surface area is 112 Å². The van der Waals surface area contributed by atoms with Gasteiger partial charge in [-0.25, -0.2) is 4.79 Å². The van der Waals surface area contributed by atoms with Gasteiger partial charge in [-0.1, -0.05) is 12.1 Å². The van der Waals surface area contributed by atoms with Crippen molar-refractivity contribution in [3.63, 3.8) is 0 Å². The molecule has 0 fully saturated rings. The number of hydrogen-bond donors (Lipinski definition) is 1. The lowest BCUT2D eigenvalue weighted by Gasteiger charge is -2.13. The second kappa shape index (κ2) is 4.84. The molecule has 98 valence electrons. The fourth-order valence-corrected chi connectivity index (χ4v) is 2.15. The summed E-state index contributed by atoms with van der Waals surface area (Å²) in [5, 5.41) is 9.06. The molecule has 0 radical (unpaired) electrons. The molecule has 0 bridgehead atoms. The summed E-state index contributed by atoms with van der Waals surface area (Å²) in [6.45, 7) is 8.13. The van der Waals surface area contributed by atoms with E-state index in [9.17, 15) is 4.79 Å². The molecule has 3 heteroatoms. The van der Waals surface area contributed by atoms with Crippen molar-refractivity contribution in [1.82, 2.24) is 4.98 Å². The van der Waals surface area contributed by atoms with Crippen molar-refractivity contribution in [2.24, 2.45) is 0 Å². The summed E-state index contributed by atoms with van der Waals surface area (Å²) in [5.74, 6) is -0.917. The Bertz CT molecular complexity index is 660. The minimum Gasteiger partial charge on any atom is -0.478 e. The van der Waals surface area contributed by atoms with Gasteiger partial charge in [0.15, 0.2) is 0 Å². The van der Waals surface area contributed by atoms with Gasteiger partial charge in [-0.15, -0.1) is 0 Å². The predicted octanol–water partition coefficient (Wildman–Crippen LogP) is 3.68. The van der Waals surface area contributed by atoms with E-state index >= 15 is 0 Å². The van der Waals surface area contributed by atoms with Gasteiger partial charge >= 0.3 is 5.97 Å². The molecule has 1 aromatic carbocycles. The van der Waals surface area contributed by atoms with Crippen LogP contribution in [0.25, 0.3) is 11.3 Å². The minimum atomic E-state index is -0.917. The summed E-state index contributed by atoms with van der Waals surface area (Å²) in [7, 11) is 0. The van der Waals surface area contributed by atoms with Gasteiger partial charge < -0.3 is 5.11 Å². The zero-order valence-electron chi connectivity index (χ0n) is 11.6. The average molecular weight is 255 g/mol. The SMILES string of the molecule is Cc1nc(-c2cccc(C(=O)O)c2)c(C)c(C)c1C. The molecule has 0 aliphatic rings. The molecule has 0 saturated carbocycles. The van der Waals surface area contributed by atoms with Crippen molar-refractivity contribution in [2.45, 2.75) is 27.7 Å². The van der Waals surface area contributed by atoms with Crippen molar-refractivity contribution < 1.29 is 9.90 Å². The van der Waals surface area contributed by atoms with Crippen LogP contribution in [0.1, 0.15) is 32.7 Å². The fraction of sp³-hybridized carbons (Fsp3) is 0.250. The molecule has 1 aromatic heterocycles. The number of hydrogen-bond acceptors (Lipinski definition) is 2. The Morgan fingerprint density at radius 2 is 1.74 bits per heavy atom. The molecule has 2 rings (SSSR count). The second-order valence-electron chi connectivity index (χ2n) is 4.81.